The zero-order valence-corrected chi connectivity index (χ0v) is 10.1. The van der Waals surface area contributed by atoms with Crippen molar-refractivity contribution in [3.05, 3.63) is 70.8 Å². The molecule has 0 aromatic heterocycles. The zero-order chi connectivity index (χ0) is 11.8. The Kier molecular flexibility index (Phi) is 2.32. The second-order valence-electron chi connectivity index (χ2n) is 4.65. The highest BCUT2D eigenvalue weighted by Gasteiger charge is 2.31. The summed E-state index contributed by atoms with van der Waals surface area (Å²) in [6, 6.07) is 17.3. The highest BCUT2D eigenvalue weighted by atomic mass is 15.0. The molecule has 1 heterocycles. The molecule has 1 aliphatic heterocycles. The molecule has 2 aromatic carbocycles. The van der Waals surface area contributed by atoms with Gasteiger partial charge < -0.3 is 0 Å². The fraction of sp³-hybridized carbons (Fsp3) is 0.188. The van der Waals surface area contributed by atoms with Gasteiger partial charge in [0.15, 0.2) is 0 Å². The lowest BCUT2D eigenvalue weighted by Crippen LogP contribution is -1.96. The zero-order valence-electron chi connectivity index (χ0n) is 10.1. The van der Waals surface area contributed by atoms with Crippen molar-refractivity contribution in [3.63, 3.8) is 0 Å². The Morgan fingerprint density at radius 1 is 0.941 bits per heavy atom. The van der Waals surface area contributed by atoms with Crippen LogP contribution in [0.4, 0.5) is 0 Å². The molecule has 0 saturated heterocycles. The van der Waals surface area contributed by atoms with E-state index in [0.29, 0.717) is 0 Å². The number of aliphatic imine (C=N–C) groups is 1. The molecule has 0 aliphatic carbocycles. The molecule has 0 unspecified atom stereocenters. The molecule has 1 heteroatoms. The van der Waals surface area contributed by atoms with Gasteiger partial charge in [-0.1, -0.05) is 54.1 Å². The van der Waals surface area contributed by atoms with E-state index in [0.717, 1.165) is 0 Å². The van der Waals surface area contributed by atoms with Crippen LogP contribution in [0.25, 0.3) is 0 Å². The van der Waals surface area contributed by atoms with Crippen molar-refractivity contribution >= 4 is 5.71 Å². The molecule has 1 atom stereocenters. The van der Waals surface area contributed by atoms with Crippen LogP contribution in [-0.2, 0) is 0 Å². The normalized spacial score (nSPS) is 17.8. The number of hydrogen-bond donors (Lipinski definition) is 0. The summed E-state index contributed by atoms with van der Waals surface area (Å²) >= 11 is 0. The van der Waals surface area contributed by atoms with Gasteiger partial charge in [0, 0.05) is 5.56 Å². The maximum Gasteiger partial charge on any atom is 0.118 e. The second-order valence-corrected chi connectivity index (χ2v) is 4.65. The summed E-state index contributed by atoms with van der Waals surface area (Å²) in [4.78, 5) is 4.60. The summed E-state index contributed by atoms with van der Waals surface area (Å²) in [6.45, 7) is 4.28. The molecule has 1 aliphatic rings. The minimum absolute atomic E-state index is 0.289. The maximum atomic E-state index is 4.60. The molecule has 2 aromatic rings. The fourth-order valence-corrected chi connectivity index (χ4v) is 2.29. The monoisotopic (exact) mass is 221 g/mol. The van der Waals surface area contributed by atoms with E-state index < -0.39 is 0 Å². The Labute approximate surface area is 102 Å². The summed E-state index contributed by atoms with van der Waals surface area (Å²) < 4.78 is 0. The van der Waals surface area contributed by atoms with Crippen LogP contribution in [0.15, 0.2) is 53.5 Å². The third-order valence-electron chi connectivity index (χ3n) is 3.23. The summed E-state index contributed by atoms with van der Waals surface area (Å²) in [5.41, 5.74) is 6.45. The molecular formula is C16H15N. The summed E-state index contributed by atoms with van der Waals surface area (Å²) in [5.74, 6) is 0. The Hall–Kier alpha value is -1.89. The lowest BCUT2D eigenvalue weighted by Gasteiger charge is -2.03. The van der Waals surface area contributed by atoms with E-state index in [2.05, 4.69) is 61.3 Å². The molecule has 0 fully saturated rings. The molecule has 0 radical (unpaired) electrons. The van der Waals surface area contributed by atoms with Crippen LogP contribution in [-0.4, -0.2) is 5.71 Å². The van der Waals surface area contributed by atoms with E-state index in [9.17, 15) is 0 Å². The molecule has 0 spiro atoms. The first kappa shape index (κ1) is 10.3. The van der Waals surface area contributed by atoms with Crippen molar-refractivity contribution in [2.75, 3.05) is 0 Å². The molecule has 0 amide bonds. The number of benzene rings is 2. The molecule has 0 N–H and O–H groups in total. The largest absolute Gasteiger partial charge is 0.272 e. The van der Waals surface area contributed by atoms with E-state index in [4.69, 9.17) is 0 Å². The van der Waals surface area contributed by atoms with Crippen molar-refractivity contribution in [3.8, 4) is 0 Å². The fourth-order valence-electron chi connectivity index (χ4n) is 2.29. The summed E-state index contributed by atoms with van der Waals surface area (Å²) in [7, 11) is 0. The van der Waals surface area contributed by atoms with Crippen LogP contribution in [0, 0.1) is 13.8 Å². The smallest absolute Gasteiger partial charge is 0.118 e. The Bertz CT molecular complexity index is 582. The van der Waals surface area contributed by atoms with Crippen molar-refractivity contribution < 1.29 is 0 Å². The molecule has 0 saturated carbocycles. The van der Waals surface area contributed by atoms with Gasteiger partial charge in [-0.05, 0) is 25.0 Å². The average molecular weight is 221 g/mol. The van der Waals surface area contributed by atoms with Crippen molar-refractivity contribution in [2.24, 2.45) is 4.99 Å². The Balaban J connectivity index is 1.87. The van der Waals surface area contributed by atoms with Crippen molar-refractivity contribution in [2.45, 2.75) is 19.9 Å². The van der Waals surface area contributed by atoms with Crippen molar-refractivity contribution in [1.82, 2.24) is 0 Å². The maximum absolute atomic E-state index is 4.60. The number of hydrogen-bond acceptors (Lipinski definition) is 1. The van der Waals surface area contributed by atoms with Gasteiger partial charge in [0.05, 0.1) is 5.71 Å². The quantitative estimate of drug-likeness (QED) is 0.730. The molecule has 0 bridgehead atoms. The highest BCUT2D eigenvalue weighted by Crippen LogP contribution is 2.35. The van der Waals surface area contributed by atoms with Gasteiger partial charge in [0.1, 0.15) is 6.04 Å². The molecule has 1 nitrogen and oxygen atoms in total. The molecule has 84 valence electrons. The lowest BCUT2D eigenvalue weighted by molar-refractivity contribution is 1.13. The van der Waals surface area contributed by atoms with Gasteiger partial charge in [-0.2, -0.15) is 0 Å². The third-order valence-corrected chi connectivity index (χ3v) is 3.23. The second kappa shape index (κ2) is 3.85. The topological polar surface area (TPSA) is 12.4 Å². The Morgan fingerprint density at radius 3 is 2.41 bits per heavy atom. The van der Waals surface area contributed by atoms with Crippen LogP contribution in [0.1, 0.15) is 28.3 Å². The first-order chi connectivity index (χ1) is 8.25. The van der Waals surface area contributed by atoms with Crippen LogP contribution < -0.4 is 0 Å². The number of aryl methyl sites for hydroxylation is 2. The molecular weight excluding hydrogens is 206 g/mol. The SMILES string of the molecule is Cc1ccc(C2=N[C@H]2c2ccccc2)c(C)c1. The molecule has 17 heavy (non-hydrogen) atoms. The Morgan fingerprint density at radius 2 is 1.71 bits per heavy atom. The van der Waals surface area contributed by atoms with E-state index in [-0.39, 0.29) is 6.04 Å². The van der Waals surface area contributed by atoms with E-state index >= 15 is 0 Å². The van der Waals surface area contributed by atoms with Gasteiger partial charge in [0.25, 0.3) is 0 Å². The van der Waals surface area contributed by atoms with Crippen LogP contribution >= 0.6 is 0 Å². The average Bonchev–Trinajstić information content (AvgIpc) is 3.10. The van der Waals surface area contributed by atoms with Gasteiger partial charge in [-0.3, -0.25) is 4.99 Å². The lowest BCUT2D eigenvalue weighted by atomic mass is 9.99. The van der Waals surface area contributed by atoms with Gasteiger partial charge in [0.2, 0.25) is 0 Å². The first-order valence-electron chi connectivity index (χ1n) is 5.96. The van der Waals surface area contributed by atoms with Gasteiger partial charge in [-0.25, -0.2) is 0 Å². The number of rotatable bonds is 2. The van der Waals surface area contributed by atoms with Crippen LogP contribution in [0.5, 0.6) is 0 Å². The van der Waals surface area contributed by atoms with Gasteiger partial charge >= 0.3 is 0 Å². The summed E-state index contributed by atoms with van der Waals surface area (Å²) in [6.07, 6.45) is 0. The standard InChI is InChI=1S/C16H15N/c1-11-8-9-14(12(2)10-11)16-15(17-16)13-6-4-3-5-7-13/h3-10,15H,1-2H3/t15-/m0/s1. The summed E-state index contributed by atoms with van der Waals surface area (Å²) in [5, 5.41) is 0. The van der Waals surface area contributed by atoms with Crippen LogP contribution in [0.2, 0.25) is 0 Å². The third kappa shape index (κ3) is 1.89. The minimum Gasteiger partial charge on any atom is -0.272 e. The first-order valence-corrected chi connectivity index (χ1v) is 5.96. The predicted octanol–water partition coefficient (Wildman–Crippen LogP) is 3.85. The van der Waals surface area contributed by atoms with E-state index in [1.165, 1.54) is 28.0 Å². The van der Waals surface area contributed by atoms with Gasteiger partial charge in [-0.15, -0.1) is 0 Å². The number of nitrogens with zero attached hydrogens (tertiary/aromatic N) is 1. The molecule has 3 rings (SSSR count). The predicted molar refractivity (Wildman–Crippen MR) is 71.6 cm³/mol. The minimum atomic E-state index is 0.289. The van der Waals surface area contributed by atoms with E-state index in [1.54, 1.807) is 0 Å². The van der Waals surface area contributed by atoms with Crippen molar-refractivity contribution in [1.29, 1.82) is 0 Å². The van der Waals surface area contributed by atoms with E-state index in [1.807, 2.05) is 6.07 Å². The van der Waals surface area contributed by atoms with Crippen LogP contribution in [0.3, 0.4) is 0 Å². The highest BCUT2D eigenvalue weighted by molar-refractivity contribution is 6.14.